The van der Waals surface area contributed by atoms with Gasteiger partial charge in [-0.3, -0.25) is 14.7 Å². The Kier molecular flexibility index (Phi) is 10.2. The summed E-state index contributed by atoms with van der Waals surface area (Å²) in [5, 5.41) is 13.2. The number of ether oxygens (including phenoxy) is 1. The largest absolute Gasteiger partial charge is 0.378 e. The van der Waals surface area contributed by atoms with Gasteiger partial charge >= 0.3 is 0 Å². The molecule has 0 unspecified atom stereocenters. The Morgan fingerprint density at radius 1 is 0.837 bits per heavy atom. The molecule has 2 heterocycles. The van der Waals surface area contributed by atoms with Crippen molar-refractivity contribution in [2.75, 3.05) is 41.8 Å². The zero-order chi connectivity index (χ0) is 30.0. The molecule has 0 radical (unpaired) electrons. The minimum Gasteiger partial charge on any atom is -0.378 e. The number of benzene rings is 3. The van der Waals surface area contributed by atoms with Crippen molar-refractivity contribution in [3.63, 3.8) is 0 Å². The van der Waals surface area contributed by atoms with Gasteiger partial charge < -0.3 is 20.3 Å². The summed E-state index contributed by atoms with van der Waals surface area (Å²) in [6, 6.07) is 25.3. The van der Waals surface area contributed by atoms with Gasteiger partial charge in [-0.1, -0.05) is 44.5 Å². The molecule has 0 aliphatic carbocycles. The Labute approximate surface area is 253 Å². The van der Waals surface area contributed by atoms with Crippen molar-refractivity contribution in [3.8, 4) is 0 Å². The van der Waals surface area contributed by atoms with Crippen molar-refractivity contribution in [2.45, 2.75) is 46.0 Å². The molecular formula is C35H41N5O3. The molecule has 1 fully saturated rings. The van der Waals surface area contributed by atoms with Crippen LogP contribution in [0.4, 0.5) is 17.2 Å². The van der Waals surface area contributed by atoms with E-state index in [0.29, 0.717) is 29.3 Å². The molecule has 8 heteroatoms. The second kappa shape index (κ2) is 14.6. The molecule has 1 aliphatic rings. The number of nitrogens with zero attached hydrogens (tertiary/aromatic N) is 2. The number of morpholine rings is 1. The minimum absolute atomic E-state index is 0.115. The van der Waals surface area contributed by atoms with E-state index in [9.17, 15) is 9.59 Å². The molecule has 0 spiro atoms. The summed E-state index contributed by atoms with van der Waals surface area (Å²) in [6.45, 7) is 7.64. The number of hydrogen-bond acceptors (Lipinski definition) is 5. The van der Waals surface area contributed by atoms with Crippen molar-refractivity contribution in [1.29, 1.82) is 0 Å². The lowest BCUT2D eigenvalue weighted by atomic mass is 10.0. The zero-order valence-electron chi connectivity index (χ0n) is 25.1. The predicted octanol–water partition coefficient (Wildman–Crippen LogP) is 6.51. The van der Waals surface area contributed by atoms with Gasteiger partial charge in [-0.15, -0.1) is 0 Å². The number of aryl methyl sites for hydroxylation is 3. The van der Waals surface area contributed by atoms with Gasteiger partial charge in [-0.05, 0) is 91.3 Å². The van der Waals surface area contributed by atoms with E-state index < -0.39 is 0 Å². The maximum Gasteiger partial charge on any atom is 0.256 e. The van der Waals surface area contributed by atoms with E-state index in [1.165, 1.54) is 12.0 Å². The molecule has 3 N–H and O–H groups in total. The van der Waals surface area contributed by atoms with Crippen molar-refractivity contribution < 1.29 is 14.3 Å². The molecule has 1 aromatic heterocycles. The van der Waals surface area contributed by atoms with Gasteiger partial charge in [0.15, 0.2) is 5.82 Å². The summed E-state index contributed by atoms with van der Waals surface area (Å²) in [6.07, 6.45) is 4.88. The van der Waals surface area contributed by atoms with Gasteiger partial charge in [0.2, 0.25) is 0 Å². The lowest BCUT2D eigenvalue weighted by Crippen LogP contribution is -2.36. The fraction of sp³-hybridized carbons (Fsp3) is 0.343. The fourth-order valence-corrected chi connectivity index (χ4v) is 5.21. The van der Waals surface area contributed by atoms with E-state index in [1.54, 1.807) is 0 Å². The Balaban J connectivity index is 1.09. The summed E-state index contributed by atoms with van der Waals surface area (Å²) >= 11 is 0. The van der Waals surface area contributed by atoms with Crippen LogP contribution >= 0.6 is 0 Å². The standard InChI is InChI=1S/C35H41N5O3/c1-25(2)5-3-6-26-9-12-28(13-10-26)34(41)36-30-8-4-7-27(23-30)11-16-31-24-33(39-38-31)37-35(42)29-14-17-32(18-15-29)40-19-21-43-22-20-40/h4,7-10,12-15,17-18,23-25H,3,5-6,11,16,19-22H2,1-2H3,(H,36,41)(H2,37,38,39,42). The molecular weight excluding hydrogens is 538 g/mol. The second-order valence-corrected chi connectivity index (χ2v) is 11.5. The molecule has 0 bridgehead atoms. The van der Waals surface area contributed by atoms with Crippen molar-refractivity contribution in [1.82, 2.24) is 10.2 Å². The molecule has 1 aliphatic heterocycles. The average molecular weight is 580 g/mol. The second-order valence-electron chi connectivity index (χ2n) is 11.5. The molecule has 43 heavy (non-hydrogen) atoms. The Morgan fingerprint density at radius 2 is 1.53 bits per heavy atom. The first-order valence-corrected chi connectivity index (χ1v) is 15.2. The van der Waals surface area contributed by atoms with Crippen molar-refractivity contribution in [3.05, 3.63) is 107 Å². The quantitative estimate of drug-likeness (QED) is 0.178. The Morgan fingerprint density at radius 3 is 2.26 bits per heavy atom. The van der Waals surface area contributed by atoms with Crippen LogP contribution in [0.2, 0.25) is 0 Å². The number of amides is 2. The number of hydrogen-bond donors (Lipinski definition) is 3. The minimum atomic E-state index is -0.198. The highest BCUT2D eigenvalue weighted by atomic mass is 16.5. The highest BCUT2D eigenvalue weighted by Crippen LogP contribution is 2.19. The summed E-state index contributed by atoms with van der Waals surface area (Å²) in [5.74, 6) is 0.886. The van der Waals surface area contributed by atoms with E-state index in [4.69, 9.17) is 4.74 Å². The lowest BCUT2D eigenvalue weighted by Gasteiger charge is -2.28. The maximum atomic E-state index is 12.8. The van der Waals surface area contributed by atoms with Gasteiger partial charge in [0.05, 0.1) is 13.2 Å². The predicted molar refractivity (Wildman–Crippen MR) is 172 cm³/mol. The molecule has 0 saturated carbocycles. The van der Waals surface area contributed by atoms with E-state index in [0.717, 1.165) is 68.2 Å². The molecule has 8 nitrogen and oxygen atoms in total. The molecule has 5 rings (SSSR count). The number of anilines is 3. The SMILES string of the molecule is CC(C)CCCc1ccc(C(=O)Nc2cccc(CCc3cc(NC(=O)c4ccc(N5CCOCC5)cc4)n[nH]3)c2)cc1. The van der Waals surface area contributed by atoms with Crippen molar-refractivity contribution >= 4 is 29.0 Å². The highest BCUT2D eigenvalue weighted by molar-refractivity contribution is 6.04. The van der Waals surface area contributed by atoms with Crippen LogP contribution in [0.25, 0.3) is 0 Å². The van der Waals surface area contributed by atoms with E-state index in [1.807, 2.05) is 66.7 Å². The number of carbonyl (C=O) groups is 2. The number of aromatic amines is 1. The third kappa shape index (κ3) is 8.78. The highest BCUT2D eigenvalue weighted by Gasteiger charge is 2.14. The van der Waals surface area contributed by atoms with Crippen LogP contribution in [-0.2, 0) is 24.0 Å². The van der Waals surface area contributed by atoms with E-state index >= 15 is 0 Å². The number of rotatable bonds is 12. The smallest absolute Gasteiger partial charge is 0.256 e. The van der Waals surface area contributed by atoms with Gasteiger partial charge in [0.25, 0.3) is 11.8 Å². The third-order valence-electron chi connectivity index (χ3n) is 7.71. The number of carbonyl (C=O) groups excluding carboxylic acids is 2. The molecule has 4 aromatic rings. The summed E-state index contributed by atoms with van der Waals surface area (Å²) in [4.78, 5) is 27.9. The van der Waals surface area contributed by atoms with Gasteiger partial charge in [-0.25, -0.2) is 0 Å². The van der Waals surface area contributed by atoms with Crippen LogP contribution in [0.3, 0.4) is 0 Å². The van der Waals surface area contributed by atoms with E-state index in [2.05, 4.69) is 51.7 Å². The molecule has 3 aromatic carbocycles. The average Bonchev–Trinajstić information content (AvgIpc) is 3.48. The lowest BCUT2D eigenvalue weighted by molar-refractivity contribution is 0.101. The first-order chi connectivity index (χ1) is 20.9. The summed E-state index contributed by atoms with van der Waals surface area (Å²) in [5.41, 5.74) is 6.36. The van der Waals surface area contributed by atoms with Crippen LogP contribution in [0.15, 0.2) is 78.9 Å². The Hall–Kier alpha value is -4.43. The van der Waals surface area contributed by atoms with Crippen LogP contribution < -0.4 is 15.5 Å². The topological polar surface area (TPSA) is 99.3 Å². The van der Waals surface area contributed by atoms with Crippen molar-refractivity contribution in [2.24, 2.45) is 5.92 Å². The van der Waals surface area contributed by atoms with E-state index in [-0.39, 0.29) is 11.8 Å². The molecule has 1 saturated heterocycles. The summed E-state index contributed by atoms with van der Waals surface area (Å²) in [7, 11) is 0. The first kappa shape index (κ1) is 30.0. The molecule has 224 valence electrons. The van der Waals surface area contributed by atoms with Gasteiger partial charge in [0, 0.05) is 47.4 Å². The number of nitrogens with one attached hydrogen (secondary N) is 3. The third-order valence-corrected chi connectivity index (χ3v) is 7.71. The normalized spacial score (nSPS) is 13.2. The zero-order valence-corrected chi connectivity index (χ0v) is 25.1. The first-order valence-electron chi connectivity index (χ1n) is 15.2. The van der Waals surface area contributed by atoms with Crippen LogP contribution in [-0.4, -0.2) is 48.3 Å². The van der Waals surface area contributed by atoms with Gasteiger partial charge in [0.1, 0.15) is 0 Å². The van der Waals surface area contributed by atoms with Crippen LogP contribution in [0.5, 0.6) is 0 Å². The number of aromatic nitrogens is 2. The summed E-state index contributed by atoms with van der Waals surface area (Å²) < 4.78 is 5.41. The molecule has 0 atom stereocenters. The fourth-order valence-electron chi connectivity index (χ4n) is 5.21. The van der Waals surface area contributed by atoms with Crippen LogP contribution in [0, 0.1) is 5.92 Å². The molecule has 2 amide bonds. The Bertz CT molecular complexity index is 1490. The monoisotopic (exact) mass is 579 g/mol. The van der Waals surface area contributed by atoms with Gasteiger partial charge in [-0.2, -0.15) is 5.10 Å². The number of H-pyrrole nitrogens is 1. The van der Waals surface area contributed by atoms with Crippen LogP contribution in [0.1, 0.15) is 64.2 Å². The maximum absolute atomic E-state index is 12.8.